The normalized spacial score (nSPS) is 13.7. The lowest BCUT2D eigenvalue weighted by Crippen LogP contribution is -2.23. The number of cyclic esters (lactones) is 1. The zero-order chi connectivity index (χ0) is 16.2. The van der Waals surface area contributed by atoms with Crippen LogP contribution >= 0.6 is 0 Å². The quantitative estimate of drug-likeness (QED) is 0.677. The molecule has 3 rings (SSSR count). The van der Waals surface area contributed by atoms with Gasteiger partial charge in [-0.3, -0.25) is 15.0 Å². The van der Waals surface area contributed by atoms with Crippen LogP contribution in [0.5, 0.6) is 0 Å². The van der Waals surface area contributed by atoms with E-state index in [1.54, 1.807) is 17.0 Å². The van der Waals surface area contributed by atoms with E-state index < -0.39 is 4.92 Å². The summed E-state index contributed by atoms with van der Waals surface area (Å²) in [6.45, 7) is 1.48. The van der Waals surface area contributed by atoms with Crippen molar-refractivity contribution in [3.05, 3.63) is 64.2 Å². The SMILES string of the molecule is O=C1OCCN1c1cccc(NCc2ccc([N+](=O)[O-])cc2)c1. The molecule has 0 aliphatic carbocycles. The van der Waals surface area contributed by atoms with Crippen LogP contribution in [0.1, 0.15) is 5.56 Å². The van der Waals surface area contributed by atoms with Gasteiger partial charge in [0.25, 0.3) is 5.69 Å². The maximum Gasteiger partial charge on any atom is 0.414 e. The molecule has 0 bridgehead atoms. The Bertz CT molecular complexity index is 730. The fraction of sp³-hybridized carbons (Fsp3) is 0.188. The van der Waals surface area contributed by atoms with Crippen LogP contribution in [0.4, 0.5) is 21.9 Å². The molecule has 2 aromatic carbocycles. The van der Waals surface area contributed by atoms with Crippen molar-refractivity contribution in [2.24, 2.45) is 0 Å². The number of anilines is 2. The fourth-order valence-corrected chi connectivity index (χ4v) is 2.35. The van der Waals surface area contributed by atoms with Crippen LogP contribution in [0.15, 0.2) is 48.5 Å². The van der Waals surface area contributed by atoms with Crippen molar-refractivity contribution in [1.82, 2.24) is 0 Å². The van der Waals surface area contributed by atoms with Gasteiger partial charge in [0.1, 0.15) is 6.61 Å². The average molecular weight is 313 g/mol. The number of nitro benzene ring substituents is 1. The Balaban J connectivity index is 1.66. The third kappa shape index (κ3) is 3.39. The summed E-state index contributed by atoms with van der Waals surface area (Å²) < 4.78 is 4.93. The number of hydrogen-bond donors (Lipinski definition) is 1. The maximum atomic E-state index is 11.6. The van der Waals surface area contributed by atoms with Crippen molar-refractivity contribution in [2.75, 3.05) is 23.4 Å². The molecular weight excluding hydrogens is 298 g/mol. The van der Waals surface area contributed by atoms with Gasteiger partial charge in [0.2, 0.25) is 0 Å². The lowest BCUT2D eigenvalue weighted by atomic mass is 10.2. The fourth-order valence-electron chi connectivity index (χ4n) is 2.35. The van der Waals surface area contributed by atoms with Crippen molar-refractivity contribution in [1.29, 1.82) is 0 Å². The number of ether oxygens (including phenoxy) is 1. The monoisotopic (exact) mass is 313 g/mol. The lowest BCUT2D eigenvalue weighted by molar-refractivity contribution is -0.384. The van der Waals surface area contributed by atoms with Crippen LogP contribution in [0.3, 0.4) is 0 Å². The summed E-state index contributed by atoms with van der Waals surface area (Å²) in [7, 11) is 0. The van der Waals surface area contributed by atoms with Gasteiger partial charge in [-0.25, -0.2) is 4.79 Å². The highest BCUT2D eigenvalue weighted by molar-refractivity contribution is 5.89. The standard InChI is InChI=1S/C16H15N3O4/c20-16-18(8-9-23-16)15-3-1-2-13(10-15)17-11-12-4-6-14(7-5-12)19(21)22/h1-7,10,17H,8-9,11H2. The highest BCUT2D eigenvalue weighted by Crippen LogP contribution is 2.23. The summed E-state index contributed by atoms with van der Waals surface area (Å²) in [5, 5.41) is 13.9. The smallest absolute Gasteiger partial charge is 0.414 e. The minimum absolute atomic E-state index is 0.0725. The molecule has 1 aliphatic rings. The third-order valence-corrected chi connectivity index (χ3v) is 3.56. The zero-order valence-corrected chi connectivity index (χ0v) is 12.3. The third-order valence-electron chi connectivity index (χ3n) is 3.56. The van der Waals surface area contributed by atoms with Gasteiger partial charge in [-0.15, -0.1) is 0 Å². The Morgan fingerprint density at radius 1 is 1.22 bits per heavy atom. The minimum Gasteiger partial charge on any atom is -0.447 e. The van der Waals surface area contributed by atoms with E-state index in [2.05, 4.69) is 5.32 Å². The topological polar surface area (TPSA) is 84.7 Å². The largest absolute Gasteiger partial charge is 0.447 e. The van der Waals surface area contributed by atoms with E-state index >= 15 is 0 Å². The molecule has 7 nitrogen and oxygen atoms in total. The summed E-state index contributed by atoms with van der Waals surface area (Å²) in [6.07, 6.45) is -0.336. The molecule has 23 heavy (non-hydrogen) atoms. The van der Waals surface area contributed by atoms with E-state index in [1.165, 1.54) is 12.1 Å². The predicted octanol–water partition coefficient (Wildman–Crippen LogP) is 3.16. The minimum atomic E-state index is -0.421. The first kappa shape index (κ1) is 14.8. The van der Waals surface area contributed by atoms with Crippen molar-refractivity contribution >= 4 is 23.2 Å². The lowest BCUT2D eigenvalue weighted by Gasteiger charge is -2.14. The number of carbonyl (C=O) groups excluding carboxylic acids is 1. The number of non-ortho nitro benzene ring substituents is 1. The van der Waals surface area contributed by atoms with E-state index in [9.17, 15) is 14.9 Å². The van der Waals surface area contributed by atoms with Crippen LogP contribution in [0.25, 0.3) is 0 Å². The summed E-state index contributed by atoms with van der Waals surface area (Å²) >= 11 is 0. The first-order valence-corrected chi connectivity index (χ1v) is 7.15. The second-order valence-electron chi connectivity index (χ2n) is 5.09. The second kappa shape index (κ2) is 6.35. The van der Waals surface area contributed by atoms with Gasteiger partial charge in [0.05, 0.1) is 11.5 Å². The van der Waals surface area contributed by atoms with E-state index in [4.69, 9.17) is 4.74 Å². The van der Waals surface area contributed by atoms with Gasteiger partial charge in [0.15, 0.2) is 0 Å². The van der Waals surface area contributed by atoms with E-state index in [0.29, 0.717) is 19.7 Å². The molecule has 1 saturated heterocycles. The number of nitro groups is 1. The van der Waals surface area contributed by atoms with Gasteiger partial charge in [-0.2, -0.15) is 0 Å². The predicted molar refractivity (Wildman–Crippen MR) is 85.6 cm³/mol. The molecule has 0 unspecified atom stereocenters. The molecule has 0 aromatic heterocycles. The number of amides is 1. The molecule has 1 heterocycles. The van der Waals surface area contributed by atoms with Gasteiger partial charge in [0, 0.05) is 30.1 Å². The number of hydrogen-bond acceptors (Lipinski definition) is 5. The summed E-state index contributed by atoms with van der Waals surface area (Å²) in [5.41, 5.74) is 2.65. The number of rotatable bonds is 5. The van der Waals surface area contributed by atoms with Crippen molar-refractivity contribution in [3.8, 4) is 0 Å². The van der Waals surface area contributed by atoms with Gasteiger partial charge < -0.3 is 10.1 Å². The first-order valence-electron chi connectivity index (χ1n) is 7.15. The molecular formula is C16H15N3O4. The Labute approximate surface area is 132 Å². The molecule has 2 aromatic rings. The molecule has 0 radical (unpaired) electrons. The van der Waals surface area contributed by atoms with E-state index in [1.807, 2.05) is 24.3 Å². The Morgan fingerprint density at radius 3 is 2.65 bits per heavy atom. The van der Waals surface area contributed by atoms with Crippen molar-refractivity contribution in [3.63, 3.8) is 0 Å². The zero-order valence-electron chi connectivity index (χ0n) is 12.3. The van der Waals surface area contributed by atoms with Crippen molar-refractivity contribution in [2.45, 2.75) is 6.54 Å². The molecule has 0 spiro atoms. The summed E-state index contributed by atoms with van der Waals surface area (Å²) in [5.74, 6) is 0. The van der Waals surface area contributed by atoms with Gasteiger partial charge >= 0.3 is 6.09 Å². The molecule has 118 valence electrons. The summed E-state index contributed by atoms with van der Waals surface area (Å²) in [4.78, 5) is 23.4. The number of nitrogens with one attached hydrogen (secondary N) is 1. The van der Waals surface area contributed by atoms with Crippen LogP contribution in [-0.2, 0) is 11.3 Å². The molecule has 1 N–H and O–H groups in total. The molecule has 0 saturated carbocycles. The van der Waals surface area contributed by atoms with Gasteiger partial charge in [-0.05, 0) is 23.8 Å². The number of nitrogens with zero attached hydrogens (tertiary/aromatic N) is 2. The maximum absolute atomic E-state index is 11.6. The second-order valence-corrected chi connectivity index (χ2v) is 5.09. The van der Waals surface area contributed by atoms with E-state index in [0.717, 1.165) is 16.9 Å². The number of benzene rings is 2. The first-order chi connectivity index (χ1) is 11.1. The van der Waals surface area contributed by atoms with Gasteiger partial charge in [-0.1, -0.05) is 18.2 Å². The molecule has 1 amide bonds. The molecule has 1 fully saturated rings. The van der Waals surface area contributed by atoms with Crippen LogP contribution < -0.4 is 10.2 Å². The van der Waals surface area contributed by atoms with Crippen LogP contribution in [0, 0.1) is 10.1 Å². The van der Waals surface area contributed by atoms with Crippen molar-refractivity contribution < 1.29 is 14.5 Å². The highest BCUT2D eigenvalue weighted by Gasteiger charge is 2.23. The molecule has 0 atom stereocenters. The molecule has 1 aliphatic heterocycles. The Kier molecular flexibility index (Phi) is 4.09. The Hall–Kier alpha value is -3.09. The highest BCUT2D eigenvalue weighted by atomic mass is 16.6. The molecule has 7 heteroatoms. The summed E-state index contributed by atoms with van der Waals surface area (Å²) in [6, 6.07) is 13.9. The van der Waals surface area contributed by atoms with E-state index in [-0.39, 0.29) is 11.8 Å². The number of carbonyl (C=O) groups is 1. The van der Waals surface area contributed by atoms with Crippen LogP contribution in [0.2, 0.25) is 0 Å². The average Bonchev–Trinajstić information content (AvgIpc) is 3.00. The van der Waals surface area contributed by atoms with Crippen LogP contribution in [-0.4, -0.2) is 24.2 Å². The Morgan fingerprint density at radius 2 is 2.00 bits per heavy atom.